The lowest BCUT2D eigenvalue weighted by molar-refractivity contribution is 0.0929. The molecule has 0 saturated carbocycles. The lowest BCUT2D eigenvalue weighted by atomic mass is 10.1. The molecule has 0 atom stereocenters. The highest BCUT2D eigenvalue weighted by atomic mass is 16.5. The van der Waals surface area contributed by atoms with Crippen LogP contribution in [0.5, 0.6) is 0 Å². The molecule has 0 saturated heterocycles. The molecule has 21 heavy (non-hydrogen) atoms. The average Bonchev–Trinajstić information content (AvgIpc) is 2.82. The molecule has 0 bridgehead atoms. The first kappa shape index (κ1) is 16.0. The Balaban J connectivity index is 2.07. The van der Waals surface area contributed by atoms with Crippen LogP contribution in [0.25, 0.3) is 11.0 Å². The normalized spacial score (nSPS) is 11.6. The predicted molar refractivity (Wildman–Crippen MR) is 86.4 cm³/mol. The van der Waals surface area contributed by atoms with Crippen LogP contribution in [0.3, 0.4) is 0 Å². The summed E-state index contributed by atoms with van der Waals surface area (Å²) >= 11 is 0. The van der Waals surface area contributed by atoms with Gasteiger partial charge in [0.05, 0.1) is 6.61 Å². The lowest BCUT2D eigenvalue weighted by Crippen LogP contribution is -2.18. The van der Waals surface area contributed by atoms with E-state index in [2.05, 4.69) is 29.3 Å². The second-order valence-electron chi connectivity index (χ2n) is 5.53. The summed E-state index contributed by atoms with van der Waals surface area (Å²) in [6.07, 6.45) is 1.13. The third-order valence-electron chi connectivity index (χ3n) is 3.43. The summed E-state index contributed by atoms with van der Waals surface area (Å²) in [5.41, 5.74) is 2.17. The number of nitrogens with zero attached hydrogens (tertiary/aromatic N) is 1. The predicted octanol–water partition coefficient (Wildman–Crippen LogP) is 3.01. The van der Waals surface area contributed by atoms with Crippen molar-refractivity contribution in [3.8, 4) is 0 Å². The molecule has 0 aliphatic heterocycles. The molecule has 1 heterocycles. The second kappa shape index (κ2) is 8.17. The monoisotopic (exact) mass is 290 g/mol. The minimum atomic E-state index is 0.533. The van der Waals surface area contributed by atoms with Crippen molar-refractivity contribution < 1.29 is 9.15 Å². The van der Waals surface area contributed by atoms with Crippen molar-refractivity contribution >= 4 is 11.0 Å². The number of ether oxygens (including phenoxy) is 1. The lowest BCUT2D eigenvalue weighted by Gasteiger charge is -2.10. The van der Waals surface area contributed by atoms with E-state index < -0.39 is 0 Å². The summed E-state index contributed by atoms with van der Waals surface area (Å²) in [5, 5.41) is 4.64. The van der Waals surface area contributed by atoms with E-state index in [4.69, 9.17) is 9.15 Å². The highest BCUT2D eigenvalue weighted by molar-refractivity contribution is 5.82. The molecule has 2 rings (SSSR count). The molecule has 0 spiro atoms. The van der Waals surface area contributed by atoms with Crippen LogP contribution in [0, 0.1) is 0 Å². The molecule has 0 radical (unpaired) electrons. The largest absolute Gasteiger partial charge is 0.458 e. The summed E-state index contributed by atoms with van der Waals surface area (Å²) in [6.45, 7) is 6.19. The first-order chi connectivity index (χ1) is 10.2. The molecule has 4 nitrogen and oxygen atoms in total. The average molecular weight is 290 g/mol. The van der Waals surface area contributed by atoms with Gasteiger partial charge in [0.25, 0.3) is 0 Å². The maximum atomic E-state index is 5.96. The fourth-order valence-electron chi connectivity index (χ4n) is 2.26. The van der Waals surface area contributed by atoms with Gasteiger partial charge in [-0.15, -0.1) is 0 Å². The molecule has 116 valence electrons. The van der Waals surface area contributed by atoms with Crippen molar-refractivity contribution in [3.63, 3.8) is 0 Å². The number of rotatable bonds is 9. The van der Waals surface area contributed by atoms with E-state index in [9.17, 15) is 0 Å². The third kappa shape index (κ3) is 4.56. The van der Waals surface area contributed by atoms with Gasteiger partial charge in [-0.1, -0.05) is 25.1 Å². The molecule has 0 aliphatic rings. The van der Waals surface area contributed by atoms with Gasteiger partial charge in [0.2, 0.25) is 0 Å². The Morgan fingerprint density at radius 3 is 2.81 bits per heavy atom. The van der Waals surface area contributed by atoms with Crippen molar-refractivity contribution in [3.05, 3.63) is 35.6 Å². The molecule has 0 aliphatic carbocycles. The van der Waals surface area contributed by atoms with Gasteiger partial charge in [0.1, 0.15) is 18.0 Å². The van der Waals surface area contributed by atoms with E-state index in [1.807, 2.05) is 26.2 Å². The van der Waals surface area contributed by atoms with Crippen LogP contribution in [0.2, 0.25) is 0 Å². The Labute approximate surface area is 127 Å². The number of benzene rings is 1. The van der Waals surface area contributed by atoms with Crippen LogP contribution >= 0.6 is 0 Å². The maximum Gasteiger partial charge on any atom is 0.135 e. The topological polar surface area (TPSA) is 37.6 Å². The van der Waals surface area contributed by atoms with E-state index in [0.717, 1.165) is 37.4 Å². The second-order valence-corrected chi connectivity index (χ2v) is 5.53. The number of hydrogen-bond donors (Lipinski definition) is 1. The molecule has 1 N–H and O–H groups in total. The van der Waals surface area contributed by atoms with Crippen molar-refractivity contribution in [1.82, 2.24) is 10.2 Å². The molecular weight excluding hydrogens is 264 g/mol. The number of likely N-dealkylation sites (N-methyl/N-ethyl adjacent to an activating group) is 1. The zero-order chi connectivity index (χ0) is 15.1. The van der Waals surface area contributed by atoms with E-state index in [1.165, 1.54) is 10.9 Å². The Kier molecular flexibility index (Phi) is 6.23. The van der Waals surface area contributed by atoms with Crippen LogP contribution < -0.4 is 5.32 Å². The Hall–Kier alpha value is -1.36. The molecule has 0 unspecified atom stereocenters. The number of hydrogen-bond acceptors (Lipinski definition) is 4. The Morgan fingerprint density at radius 1 is 1.24 bits per heavy atom. The van der Waals surface area contributed by atoms with E-state index >= 15 is 0 Å². The quantitative estimate of drug-likeness (QED) is 0.720. The molecule has 0 fully saturated rings. The zero-order valence-electron chi connectivity index (χ0n) is 13.3. The molecule has 0 amide bonds. The van der Waals surface area contributed by atoms with Gasteiger partial charge >= 0.3 is 0 Å². The summed E-state index contributed by atoms with van der Waals surface area (Å²) in [4.78, 5) is 2.11. The SMILES string of the molecule is CCCNCc1c(COCCN(C)C)oc2ccccc12. The van der Waals surface area contributed by atoms with Gasteiger partial charge in [-0.3, -0.25) is 0 Å². The van der Waals surface area contributed by atoms with Crippen LogP contribution in [0.4, 0.5) is 0 Å². The molecular formula is C17H26N2O2. The Morgan fingerprint density at radius 2 is 2.05 bits per heavy atom. The number of nitrogens with one attached hydrogen (secondary N) is 1. The summed E-state index contributed by atoms with van der Waals surface area (Å²) in [6, 6.07) is 8.19. The fourth-order valence-corrected chi connectivity index (χ4v) is 2.26. The Bertz CT molecular complexity index is 549. The highest BCUT2D eigenvalue weighted by Crippen LogP contribution is 2.26. The molecule has 1 aromatic heterocycles. The van der Waals surface area contributed by atoms with Crippen LogP contribution in [-0.4, -0.2) is 38.7 Å². The highest BCUT2D eigenvalue weighted by Gasteiger charge is 2.13. The standard InChI is InChI=1S/C17H26N2O2/c1-4-9-18-12-15-14-7-5-6-8-16(14)21-17(15)13-20-11-10-19(2)3/h5-8,18H,4,9-13H2,1-3H3. The first-order valence-electron chi connectivity index (χ1n) is 7.64. The molecule has 1 aromatic carbocycles. The summed E-state index contributed by atoms with van der Waals surface area (Å²) in [7, 11) is 4.09. The van der Waals surface area contributed by atoms with Crippen LogP contribution in [0.1, 0.15) is 24.7 Å². The smallest absolute Gasteiger partial charge is 0.135 e. The van der Waals surface area contributed by atoms with Crippen molar-refractivity contribution in [2.45, 2.75) is 26.5 Å². The van der Waals surface area contributed by atoms with Crippen molar-refractivity contribution in [2.75, 3.05) is 33.8 Å². The van der Waals surface area contributed by atoms with Crippen molar-refractivity contribution in [1.29, 1.82) is 0 Å². The first-order valence-corrected chi connectivity index (χ1v) is 7.64. The number of fused-ring (bicyclic) bond motifs is 1. The van der Waals surface area contributed by atoms with E-state index in [-0.39, 0.29) is 0 Å². The minimum absolute atomic E-state index is 0.533. The minimum Gasteiger partial charge on any atom is -0.458 e. The summed E-state index contributed by atoms with van der Waals surface area (Å²) in [5.74, 6) is 0.943. The number of para-hydroxylation sites is 1. The van der Waals surface area contributed by atoms with Gasteiger partial charge in [-0.05, 0) is 33.1 Å². The van der Waals surface area contributed by atoms with Gasteiger partial charge in [-0.2, -0.15) is 0 Å². The summed E-state index contributed by atoms with van der Waals surface area (Å²) < 4.78 is 11.7. The number of furan rings is 1. The van der Waals surface area contributed by atoms with E-state index in [0.29, 0.717) is 13.2 Å². The van der Waals surface area contributed by atoms with Crippen LogP contribution in [0.15, 0.2) is 28.7 Å². The van der Waals surface area contributed by atoms with Crippen molar-refractivity contribution in [2.24, 2.45) is 0 Å². The van der Waals surface area contributed by atoms with Gasteiger partial charge < -0.3 is 19.4 Å². The molecule has 2 aromatic rings. The van der Waals surface area contributed by atoms with Crippen LogP contribution in [-0.2, 0) is 17.9 Å². The van der Waals surface area contributed by atoms with Gasteiger partial charge in [0.15, 0.2) is 0 Å². The fraction of sp³-hybridized carbons (Fsp3) is 0.529. The van der Waals surface area contributed by atoms with Gasteiger partial charge in [0, 0.05) is 24.0 Å². The van der Waals surface area contributed by atoms with Gasteiger partial charge in [-0.25, -0.2) is 0 Å². The third-order valence-corrected chi connectivity index (χ3v) is 3.43. The zero-order valence-corrected chi connectivity index (χ0v) is 13.3. The van der Waals surface area contributed by atoms with E-state index in [1.54, 1.807) is 0 Å². The molecule has 4 heteroatoms. The maximum absolute atomic E-state index is 5.96.